The molecule has 88 valence electrons. The number of Topliss-reactive ketones (excluding diaryl/α,β-unsaturated/α-hetero) is 1. The normalized spacial score (nSPS) is 13.1. The number of hydrogen-bond acceptors (Lipinski definition) is 5. The molecule has 0 saturated carbocycles. The fourth-order valence-corrected chi connectivity index (χ4v) is 1.08. The van der Waals surface area contributed by atoms with Gasteiger partial charge in [0, 0.05) is 5.75 Å². The average Bonchev–Trinajstić information content (AvgIpc) is 2.10. The molecule has 0 unspecified atom stereocenters. The summed E-state index contributed by atoms with van der Waals surface area (Å²) in [6.07, 6.45) is -0.691. The molecule has 0 aromatic rings. The third-order valence-electron chi connectivity index (χ3n) is 1.42. The van der Waals surface area contributed by atoms with Crippen molar-refractivity contribution >= 4 is 24.5 Å². The number of carbonyl (C=O) groups is 2. The van der Waals surface area contributed by atoms with E-state index in [0.29, 0.717) is 0 Å². The lowest BCUT2D eigenvalue weighted by atomic mass is 10.2. The van der Waals surface area contributed by atoms with Crippen LogP contribution < -0.4 is 5.32 Å². The van der Waals surface area contributed by atoms with Crippen LogP contribution in [0, 0.1) is 0 Å². The maximum atomic E-state index is 11.2. The van der Waals surface area contributed by atoms with Crippen molar-refractivity contribution < 1.29 is 19.4 Å². The molecule has 0 rings (SSSR count). The van der Waals surface area contributed by atoms with Gasteiger partial charge in [-0.25, -0.2) is 4.79 Å². The van der Waals surface area contributed by atoms with E-state index in [1.165, 1.54) is 0 Å². The molecule has 0 spiro atoms. The smallest absolute Gasteiger partial charge is 0.408 e. The zero-order chi connectivity index (χ0) is 12.1. The van der Waals surface area contributed by atoms with Gasteiger partial charge in [0.1, 0.15) is 18.2 Å². The van der Waals surface area contributed by atoms with Crippen molar-refractivity contribution in [3.63, 3.8) is 0 Å². The van der Waals surface area contributed by atoms with Crippen molar-refractivity contribution in [2.24, 2.45) is 0 Å². The summed E-state index contributed by atoms with van der Waals surface area (Å²) < 4.78 is 4.95. The summed E-state index contributed by atoms with van der Waals surface area (Å²) in [4.78, 5) is 22.3. The molecule has 0 fully saturated rings. The standard InChI is InChI=1S/C9H17NO4S/c1-9(2,3)14-8(13)10-6(5-15)7(12)4-11/h6,11,15H,4-5H2,1-3H3,(H,10,13)/t6-/m1/s1. The highest BCUT2D eigenvalue weighted by atomic mass is 32.1. The maximum absolute atomic E-state index is 11.2. The highest BCUT2D eigenvalue weighted by Gasteiger charge is 2.22. The van der Waals surface area contributed by atoms with Gasteiger partial charge in [-0.05, 0) is 20.8 Å². The Balaban J connectivity index is 4.20. The van der Waals surface area contributed by atoms with E-state index in [1.54, 1.807) is 20.8 Å². The first-order valence-corrected chi connectivity index (χ1v) is 5.17. The summed E-state index contributed by atoms with van der Waals surface area (Å²) in [5.41, 5.74) is -0.618. The summed E-state index contributed by atoms with van der Waals surface area (Å²) in [5.74, 6) is -0.366. The van der Waals surface area contributed by atoms with Crippen molar-refractivity contribution in [2.45, 2.75) is 32.4 Å². The van der Waals surface area contributed by atoms with Crippen LogP contribution in [0.1, 0.15) is 20.8 Å². The molecule has 15 heavy (non-hydrogen) atoms. The molecule has 5 nitrogen and oxygen atoms in total. The van der Waals surface area contributed by atoms with Gasteiger partial charge in [-0.1, -0.05) is 0 Å². The molecular formula is C9H17NO4S. The van der Waals surface area contributed by atoms with E-state index in [0.717, 1.165) is 0 Å². The number of aliphatic hydroxyl groups excluding tert-OH is 1. The Morgan fingerprint density at radius 1 is 1.47 bits per heavy atom. The van der Waals surface area contributed by atoms with E-state index >= 15 is 0 Å². The molecule has 0 aromatic carbocycles. The van der Waals surface area contributed by atoms with E-state index in [4.69, 9.17) is 9.84 Å². The van der Waals surface area contributed by atoms with E-state index in [1.807, 2.05) is 0 Å². The first kappa shape index (κ1) is 14.2. The molecule has 0 bridgehead atoms. The first-order chi connectivity index (χ1) is 6.80. The Bertz CT molecular complexity index is 237. The molecule has 0 heterocycles. The van der Waals surface area contributed by atoms with Crippen LogP contribution in [-0.4, -0.2) is 41.0 Å². The molecule has 0 aliphatic rings. The summed E-state index contributed by atoms with van der Waals surface area (Å²) in [6, 6.07) is -0.812. The largest absolute Gasteiger partial charge is 0.444 e. The number of rotatable bonds is 4. The van der Waals surface area contributed by atoms with Crippen LogP contribution in [-0.2, 0) is 9.53 Å². The molecule has 0 radical (unpaired) electrons. The second-order valence-corrected chi connectivity index (χ2v) is 4.37. The summed E-state index contributed by atoms with van der Waals surface area (Å²) in [5, 5.41) is 10.9. The van der Waals surface area contributed by atoms with Crippen LogP contribution in [0.2, 0.25) is 0 Å². The fourth-order valence-electron chi connectivity index (χ4n) is 0.788. The van der Waals surface area contributed by atoms with Gasteiger partial charge in [-0.15, -0.1) is 0 Å². The number of amides is 1. The number of aliphatic hydroxyl groups is 1. The minimum atomic E-state index is -0.812. The van der Waals surface area contributed by atoms with Gasteiger partial charge in [0.15, 0.2) is 5.78 Å². The van der Waals surface area contributed by atoms with Crippen molar-refractivity contribution in [3.05, 3.63) is 0 Å². The van der Waals surface area contributed by atoms with Gasteiger partial charge in [0.2, 0.25) is 0 Å². The molecule has 0 aromatic heterocycles. The van der Waals surface area contributed by atoms with E-state index in [9.17, 15) is 9.59 Å². The topological polar surface area (TPSA) is 75.6 Å². The van der Waals surface area contributed by atoms with Crippen LogP contribution in [0.25, 0.3) is 0 Å². The molecule has 0 saturated heterocycles. The average molecular weight is 235 g/mol. The Labute approximate surface area is 94.6 Å². The van der Waals surface area contributed by atoms with Crippen LogP contribution >= 0.6 is 12.6 Å². The predicted molar refractivity (Wildman–Crippen MR) is 59.1 cm³/mol. The maximum Gasteiger partial charge on any atom is 0.408 e. The Morgan fingerprint density at radius 2 is 2.00 bits per heavy atom. The summed E-state index contributed by atoms with van der Waals surface area (Å²) >= 11 is 3.89. The molecule has 1 amide bonds. The number of carbonyl (C=O) groups excluding carboxylic acids is 2. The van der Waals surface area contributed by atoms with Crippen molar-refractivity contribution in [3.8, 4) is 0 Å². The highest BCUT2D eigenvalue weighted by molar-refractivity contribution is 7.80. The number of thiol groups is 1. The second kappa shape index (κ2) is 5.97. The molecular weight excluding hydrogens is 218 g/mol. The molecule has 0 aliphatic heterocycles. The summed E-state index contributed by atoms with van der Waals surface area (Å²) in [6.45, 7) is 4.53. The zero-order valence-electron chi connectivity index (χ0n) is 9.11. The van der Waals surface area contributed by atoms with Crippen LogP contribution in [0.15, 0.2) is 0 Å². The van der Waals surface area contributed by atoms with Crippen molar-refractivity contribution in [1.29, 1.82) is 0 Å². The monoisotopic (exact) mass is 235 g/mol. The number of hydrogen-bond donors (Lipinski definition) is 3. The van der Waals surface area contributed by atoms with E-state index < -0.39 is 30.1 Å². The number of ether oxygens (including phenoxy) is 1. The van der Waals surface area contributed by atoms with Crippen molar-refractivity contribution in [1.82, 2.24) is 5.32 Å². The number of nitrogens with one attached hydrogen (secondary N) is 1. The van der Waals surface area contributed by atoms with Gasteiger partial charge in [0.05, 0.1) is 0 Å². The molecule has 1 atom stereocenters. The fraction of sp³-hybridized carbons (Fsp3) is 0.778. The van der Waals surface area contributed by atoms with Gasteiger partial charge < -0.3 is 15.2 Å². The third kappa shape index (κ3) is 6.35. The lowest BCUT2D eigenvalue weighted by Gasteiger charge is -2.22. The van der Waals surface area contributed by atoms with Gasteiger partial charge >= 0.3 is 6.09 Å². The zero-order valence-corrected chi connectivity index (χ0v) is 10.0. The quantitative estimate of drug-likeness (QED) is 0.615. The lowest BCUT2D eigenvalue weighted by Crippen LogP contribution is -2.45. The van der Waals surface area contributed by atoms with Crippen molar-refractivity contribution in [2.75, 3.05) is 12.4 Å². The van der Waals surface area contributed by atoms with E-state index in [-0.39, 0.29) is 5.75 Å². The Morgan fingerprint density at radius 3 is 2.33 bits per heavy atom. The van der Waals surface area contributed by atoms with Crippen LogP contribution in [0.4, 0.5) is 4.79 Å². The second-order valence-electron chi connectivity index (χ2n) is 4.01. The molecule has 6 heteroatoms. The SMILES string of the molecule is CC(C)(C)OC(=O)N[C@H](CS)C(=O)CO. The highest BCUT2D eigenvalue weighted by Crippen LogP contribution is 2.06. The van der Waals surface area contributed by atoms with Crippen LogP contribution in [0.5, 0.6) is 0 Å². The van der Waals surface area contributed by atoms with E-state index in [2.05, 4.69) is 17.9 Å². The number of alkyl carbamates (subject to hydrolysis) is 1. The predicted octanol–water partition coefficient (Wildman–Crippen LogP) is 0.371. The first-order valence-electron chi connectivity index (χ1n) is 4.54. The Hall–Kier alpha value is -0.750. The summed E-state index contributed by atoms with van der Waals surface area (Å²) in [7, 11) is 0. The number of ketones is 1. The Kier molecular flexibility index (Phi) is 5.67. The lowest BCUT2D eigenvalue weighted by molar-refractivity contribution is -0.123. The van der Waals surface area contributed by atoms with Gasteiger partial charge in [-0.2, -0.15) is 12.6 Å². The van der Waals surface area contributed by atoms with Crippen LogP contribution in [0.3, 0.4) is 0 Å². The molecule has 0 aliphatic carbocycles. The third-order valence-corrected chi connectivity index (χ3v) is 1.78. The van der Waals surface area contributed by atoms with Gasteiger partial charge in [-0.3, -0.25) is 4.79 Å². The minimum absolute atomic E-state index is 0.124. The molecule has 2 N–H and O–H groups in total. The minimum Gasteiger partial charge on any atom is -0.444 e. The van der Waals surface area contributed by atoms with Gasteiger partial charge in [0.25, 0.3) is 0 Å².